The number of amides is 1. The lowest BCUT2D eigenvalue weighted by atomic mass is 10.1. The molecule has 2 saturated heterocycles. The van der Waals surface area contributed by atoms with Gasteiger partial charge in [0.15, 0.2) is 0 Å². The summed E-state index contributed by atoms with van der Waals surface area (Å²) < 4.78 is 0. The lowest BCUT2D eigenvalue weighted by Crippen LogP contribution is -2.54. The van der Waals surface area contributed by atoms with Gasteiger partial charge >= 0.3 is 0 Å². The Morgan fingerprint density at radius 2 is 1.93 bits per heavy atom. The molecule has 5 nitrogen and oxygen atoms in total. The number of aliphatic hydroxyl groups excluding tert-OH is 1. The van der Waals surface area contributed by atoms with Crippen molar-refractivity contribution < 1.29 is 9.90 Å². The molecular weight excluding hydrogens is 194 g/mol. The van der Waals surface area contributed by atoms with Gasteiger partial charge in [-0.2, -0.15) is 0 Å². The number of hydrogen-bond acceptors (Lipinski definition) is 4. The highest BCUT2D eigenvalue weighted by atomic mass is 16.3. The minimum atomic E-state index is -0.256. The molecule has 0 bridgehead atoms. The van der Waals surface area contributed by atoms with E-state index in [0.717, 1.165) is 32.7 Å². The monoisotopic (exact) mass is 213 g/mol. The van der Waals surface area contributed by atoms with Crippen molar-refractivity contribution in [3.8, 4) is 0 Å². The van der Waals surface area contributed by atoms with Crippen LogP contribution in [0.4, 0.5) is 0 Å². The van der Waals surface area contributed by atoms with Gasteiger partial charge in [-0.3, -0.25) is 9.69 Å². The van der Waals surface area contributed by atoms with Crippen LogP contribution in [0, 0.1) is 0 Å². The third-order valence-electron chi connectivity index (χ3n) is 3.38. The summed E-state index contributed by atoms with van der Waals surface area (Å²) in [5.74, 6) is 0.153. The Morgan fingerprint density at radius 1 is 1.27 bits per heavy atom. The molecule has 2 atom stereocenters. The molecule has 0 aromatic rings. The number of carbonyl (C=O) groups is 1. The summed E-state index contributed by atoms with van der Waals surface area (Å²) in [6.07, 6.45) is -0.256. The molecule has 5 heteroatoms. The number of nitrogens with zero attached hydrogens (tertiary/aromatic N) is 2. The van der Waals surface area contributed by atoms with E-state index in [2.05, 4.69) is 10.2 Å². The Hall–Kier alpha value is -0.650. The van der Waals surface area contributed by atoms with E-state index in [4.69, 9.17) is 0 Å². The molecule has 2 heterocycles. The van der Waals surface area contributed by atoms with Gasteiger partial charge in [-0.25, -0.2) is 0 Å². The first-order valence-corrected chi connectivity index (χ1v) is 5.57. The van der Waals surface area contributed by atoms with Crippen molar-refractivity contribution in [2.75, 3.05) is 39.3 Å². The minimum Gasteiger partial charge on any atom is -0.390 e. The summed E-state index contributed by atoms with van der Waals surface area (Å²) in [6.45, 7) is 6.50. The predicted molar refractivity (Wildman–Crippen MR) is 56.5 cm³/mol. The Labute approximate surface area is 90.0 Å². The zero-order valence-electron chi connectivity index (χ0n) is 9.15. The number of rotatable bonds is 1. The maximum atomic E-state index is 11.1. The van der Waals surface area contributed by atoms with Gasteiger partial charge < -0.3 is 15.3 Å². The fraction of sp³-hybridized carbons (Fsp3) is 0.900. The van der Waals surface area contributed by atoms with Crippen molar-refractivity contribution in [3.05, 3.63) is 0 Å². The lowest BCUT2D eigenvalue weighted by molar-refractivity contribution is -0.131. The Balaban J connectivity index is 1.85. The van der Waals surface area contributed by atoms with Gasteiger partial charge in [-0.15, -0.1) is 0 Å². The quantitative estimate of drug-likeness (QED) is 0.556. The zero-order chi connectivity index (χ0) is 10.8. The van der Waals surface area contributed by atoms with Crippen LogP contribution in [0.5, 0.6) is 0 Å². The fourth-order valence-corrected chi connectivity index (χ4v) is 2.39. The van der Waals surface area contributed by atoms with E-state index in [0.29, 0.717) is 6.54 Å². The number of carbonyl (C=O) groups excluding carboxylic acids is 1. The maximum absolute atomic E-state index is 11.1. The first kappa shape index (κ1) is 10.9. The SMILES string of the molecule is CC(=O)N1CCN([C@H]2CNC[C@@H]2O)CC1. The normalized spacial score (nSPS) is 33.3. The second-order valence-corrected chi connectivity index (χ2v) is 4.33. The topological polar surface area (TPSA) is 55.8 Å². The van der Waals surface area contributed by atoms with Crippen LogP contribution >= 0.6 is 0 Å². The van der Waals surface area contributed by atoms with Gasteiger partial charge in [-0.1, -0.05) is 0 Å². The van der Waals surface area contributed by atoms with Crippen LogP contribution < -0.4 is 5.32 Å². The van der Waals surface area contributed by atoms with Crippen LogP contribution in [-0.4, -0.2) is 72.2 Å². The van der Waals surface area contributed by atoms with Crippen molar-refractivity contribution in [2.24, 2.45) is 0 Å². The number of hydrogen-bond donors (Lipinski definition) is 2. The molecule has 2 N–H and O–H groups in total. The molecule has 2 fully saturated rings. The van der Waals surface area contributed by atoms with E-state index in [9.17, 15) is 9.90 Å². The van der Waals surface area contributed by atoms with Crippen LogP contribution in [0.25, 0.3) is 0 Å². The lowest BCUT2D eigenvalue weighted by Gasteiger charge is -2.38. The van der Waals surface area contributed by atoms with E-state index < -0.39 is 0 Å². The van der Waals surface area contributed by atoms with Crippen LogP contribution in [0.2, 0.25) is 0 Å². The highest BCUT2D eigenvalue weighted by Gasteiger charge is 2.32. The molecule has 0 aliphatic carbocycles. The molecule has 2 aliphatic heterocycles. The molecule has 86 valence electrons. The zero-order valence-corrected chi connectivity index (χ0v) is 9.15. The third-order valence-corrected chi connectivity index (χ3v) is 3.38. The second kappa shape index (κ2) is 4.47. The largest absolute Gasteiger partial charge is 0.390 e. The Kier molecular flexibility index (Phi) is 3.23. The number of β-amino-alcohol motifs (C(OH)–C–C–N with tert-alkyl or cyclic N) is 1. The van der Waals surface area contributed by atoms with Crippen molar-refractivity contribution in [1.29, 1.82) is 0 Å². The molecule has 2 rings (SSSR count). The van der Waals surface area contributed by atoms with E-state index in [1.54, 1.807) is 6.92 Å². The van der Waals surface area contributed by atoms with E-state index >= 15 is 0 Å². The molecular formula is C10H19N3O2. The molecule has 2 aliphatic rings. The van der Waals surface area contributed by atoms with Crippen molar-refractivity contribution >= 4 is 5.91 Å². The van der Waals surface area contributed by atoms with Gasteiger partial charge in [-0.05, 0) is 0 Å². The van der Waals surface area contributed by atoms with Crippen molar-refractivity contribution in [2.45, 2.75) is 19.1 Å². The first-order valence-electron chi connectivity index (χ1n) is 5.57. The molecule has 0 saturated carbocycles. The average Bonchev–Trinajstić information content (AvgIpc) is 2.65. The standard InChI is InChI=1S/C10H19N3O2/c1-8(14)12-2-4-13(5-3-12)9-6-11-7-10(9)15/h9-11,15H,2-7H2,1H3/t9-,10-/m0/s1. The second-order valence-electron chi connectivity index (χ2n) is 4.33. The summed E-state index contributed by atoms with van der Waals surface area (Å²) in [7, 11) is 0. The van der Waals surface area contributed by atoms with Crippen LogP contribution in [0.1, 0.15) is 6.92 Å². The Bertz CT molecular complexity index is 239. The molecule has 0 spiro atoms. The molecule has 0 radical (unpaired) electrons. The van der Waals surface area contributed by atoms with Gasteiger partial charge in [0.25, 0.3) is 0 Å². The van der Waals surface area contributed by atoms with E-state index in [1.807, 2.05) is 4.90 Å². The summed E-state index contributed by atoms with van der Waals surface area (Å²) in [5, 5.41) is 12.9. The van der Waals surface area contributed by atoms with Crippen LogP contribution in [-0.2, 0) is 4.79 Å². The summed E-state index contributed by atoms with van der Waals surface area (Å²) in [5.41, 5.74) is 0. The number of nitrogens with one attached hydrogen (secondary N) is 1. The minimum absolute atomic E-state index is 0.153. The van der Waals surface area contributed by atoms with Gasteiger partial charge in [0.05, 0.1) is 6.10 Å². The highest BCUT2D eigenvalue weighted by molar-refractivity contribution is 5.73. The Morgan fingerprint density at radius 3 is 2.40 bits per heavy atom. The maximum Gasteiger partial charge on any atom is 0.219 e. The van der Waals surface area contributed by atoms with Gasteiger partial charge in [0, 0.05) is 52.2 Å². The molecule has 15 heavy (non-hydrogen) atoms. The third kappa shape index (κ3) is 2.30. The predicted octanol–water partition coefficient (Wildman–Crippen LogP) is -1.52. The molecule has 0 aromatic heterocycles. The first-order chi connectivity index (χ1) is 7.18. The average molecular weight is 213 g/mol. The van der Waals surface area contributed by atoms with Gasteiger partial charge in [0.2, 0.25) is 5.91 Å². The summed E-state index contributed by atoms with van der Waals surface area (Å²) >= 11 is 0. The van der Waals surface area contributed by atoms with Crippen molar-refractivity contribution in [3.63, 3.8) is 0 Å². The van der Waals surface area contributed by atoms with Crippen molar-refractivity contribution in [1.82, 2.24) is 15.1 Å². The van der Waals surface area contributed by atoms with E-state index in [-0.39, 0.29) is 18.1 Å². The van der Waals surface area contributed by atoms with Crippen LogP contribution in [0.3, 0.4) is 0 Å². The molecule has 0 unspecified atom stereocenters. The molecule has 0 aromatic carbocycles. The smallest absolute Gasteiger partial charge is 0.219 e. The number of piperazine rings is 1. The summed E-state index contributed by atoms with van der Waals surface area (Å²) in [4.78, 5) is 15.3. The van der Waals surface area contributed by atoms with E-state index in [1.165, 1.54) is 0 Å². The fourth-order valence-electron chi connectivity index (χ4n) is 2.39. The van der Waals surface area contributed by atoms with Crippen LogP contribution in [0.15, 0.2) is 0 Å². The van der Waals surface area contributed by atoms with Gasteiger partial charge in [0.1, 0.15) is 0 Å². The molecule has 1 amide bonds. The number of aliphatic hydroxyl groups is 1. The summed E-state index contributed by atoms with van der Waals surface area (Å²) in [6, 6.07) is 0.235. The highest BCUT2D eigenvalue weighted by Crippen LogP contribution is 2.12.